The number of pyridine rings is 1. The number of carbonyl (C=O) groups excluding carboxylic acids is 1. The first-order valence-electron chi connectivity index (χ1n) is 11.4. The molecule has 1 aliphatic heterocycles. The molecule has 31 heavy (non-hydrogen) atoms. The smallest absolute Gasteiger partial charge is 0.225 e. The summed E-state index contributed by atoms with van der Waals surface area (Å²) in [5.41, 5.74) is 2.57. The van der Waals surface area contributed by atoms with Gasteiger partial charge in [0.2, 0.25) is 5.91 Å². The quantitative estimate of drug-likeness (QED) is 0.598. The van der Waals surface area contributed by atoms with Crippen LogP contribution in [0.2, 0.25) is 0 Å². The molecule has 0 spiro atoms. The Morgan fingerprint density at radius 1 is 1.16 bits per heavy atom. The molecule has 2 aromatic rings. The Hall–Kier alpha value is -2.40. The average Bonchev–Trinajstić information content (AvgIpc) is 3.15. The molecule has 0 unspecified atom stereocenters. The lowest BCUT2D eigenvalue weighted by atomic mass is 9.88. The first kappa shape index (κ1) is 23.3. The molecule has 0 saturated carbocycles. The summed E-state index contributed by atoms with van der Waals surface area (Å²) in [6.07, 6.45) is 3.71. The SMILES string of the molecule is COc1cccc([C@H]2CN(Cc3ccncc3)C[C@@H]2CN(CC(C)C)C(=O)C(C)C)c1. The summed E-state index contributed by atoms with van der Waals surface area (Å²) in [5, 5.41) is 0. The Kier molecular flexibility index (Phi) is 8.08. The minimum absolute atomic E-state index is 0.0170. The van der Waals surface area contributed by atoms with Gasteiger partial charge in [0, 0.05) is 57.0 Å². The Bertz CT molecular complexity index is 838. The Morgan fingerprint density at radius 3 is 2.55 bits per heavy atom. The molecule has 0 N–H and O–H groups in total. The molecular formula is C26H37N3O2. The van der Waals surface area contributed by atoms with Crippen LogP contribution in [0.15, 0.2) is 48.8 Å². The maximum Gasteiger partial charge on any atom is 0.225 e. The van der Waals surface area contributed by atoms with Crippen molar-refractivity contribution in [3.8, 4) is 5.75 Å². The van der Waals surface area contributed by atoms with Crippen LogP contribution in [0, 0.1) is 17.8 Å². The molecule has 168 valence electrons. The van der Waals surface area contributed by atoms with E-state index in [1.54, 1.807) is 7.11 Å². The van der Waals surface area contributed by atoms with Crippen molar-refractivity contribution in [1.29, 1.82) is 0 Å². The molecule has 1 saturated heterocycles. The number of benzene rings is 1. The van der Waals surface area contributed by atoms with E-state index < -0.39 is 0 Å². The standard InChI is InChI=1S/C26H37N3O2/c1-19(2)14-29(26(30)20(3)4)17-23-16-28(15-21-9-11-27-12-10-21)18-25(23)22-7-6-8-24(13-22)31-5/h6-13,19-20,23,25H,14-18H2,1-5H3/t23-,25-/m1/s1. The molecule has 1 amide bonds. The number of hydrogen-bond acceptors (Lipinski definition) is 4. The molecule has 3 rings (SSSR count). The van der Waals surface area contributed by atoms with E-state index in [0.29, 0.717) is 17.8 Å². The second-order valence-corrected chi connectivity index (χ2v) is 9.48. The number of carbonyl (C=O) groups is 1. The zero-order chi connectivity index (χ0) is 22.4. The summed E-state index contributed by atoms with van der Waals surface area (Å²) in [4.78, 5) is 21.7. The summed E-state index contributed by atoms with van der Waals surface area (Å²) in [7, 11) is 1.71. The number of likely N-dealkylation sites (tertiary alicyclic amines) is 1. The van der Waals surface area contributed by atoms with Gasteiger partial charge in [-0.05, 0) is 47.2 Å². The van der Waals surface area contributed by atoms with Gasteiger partial charge < -0.3 is 9.64 Å². The minimum Gasteiger partial charge on any atom is -0.497 e. The number of methoxy groups -OCH3 is 1. The predicted molar refractivity (Wildman–Crippen MR) is 125 cm³/mol. The van der Waals surface area contributed by atoms with E-state index in [0.717, 1.165) is 38.5 Å². The van der Waals surface area contributed by atoms with Crippen LogP contribution in [0.3, 0.4) is 0 Å². The summed E-state index contributed by atoms with van der Waals surface area (Å²) < 4.78 is 5.49. The fraction of sp³-hybridized carbons (Fsp3) is 0.538. The number of aromatic nitrogens is 1. The molecule has 1 fully saturated rings. The van der Waals surface area contributed by atoms with Crippen molar-refractivity contribution in [3.63, 3.8) is 0 Å². The Labute approximate surface area is 187 Å². The van der Waals surface area contributed by atoms with Gasteiger partial charge in [-0.15, -0.1) is 0 Å². The zero-order valence-corrected chi connectivity index (χ0v) is 19.6. The van der Waals surface area contributed by atoms with E-state index in [4.69, 9.17) is 4.74 Å². The number of amides is 1. The highest BCUT2D eigenvalue weighted by Crippen LogP contribution is 2.35. The maximum atomic E-state index is 13.0. The van der Waals surface area contributed by atoms with Gasteiger partial charge in [-0.2, -0.15) is 0 Å². The molecule has 0 radical (unpaired) electrons. The predicted octanol–water partition coefficient (Wildman–Crippen LogP) is 4.45. The topological polar surface area (TPSA) is 45.7 Å². The van der Waals surface area contributed by atoms with E-state index >= 15 is 0 Å². The number of rotatable bonds is 9. The average molecular weight is 424 g/mol. The molecule has 5 nitrogen and oxygen atoms in total. The van der Waals surface area contributed by atoms with Gasteiger partial charge in [0.25, 0.3) is 0 Å². The van der Waals surface area contributed by atoms with Crippen LogP contribution in [0.4, 0.5) is 0 Å². The Morgan fingerprint density at radius 2 is 1.90 bits per heavy atom. The second kappa shape index (κ2) is 10.8. The third-order valence-electron chi connectivity index (χ3n) is 6.04. The van der Waals surface area contributed by atoms with Crippen LogP contribution in [0.1, 0.15) is 44.7 Å². The third-order valence-corrected chi connectivity index (χ3v) is 6.04. The summed E-state index contributed by atoms with van der Waals surface area (Å²) >= 11 is 0. The maximum absolute atomic E-state index is 13.0. The van der Waals surface area contributed by atoms with Gasteiger partial charge in [0.15, 0.2) is 0 Å². The van der Waals surface area contributed by atoms with E-state index in [2.05, 4.69) is 59.0 Å². The van der Waals surface area contributed by atoms with Crippen LogP contribution in [-0.4, -0.2) is 54.0 Å². The van der Waals surface area contributed by atoms with Crippen LogP contribution in [0.25, 0.3) is 0 Å². The first-order chi connectivity index (χ1) is 14.9. The van der Waals surface area contributed by atoms with Gasteiger partial charge in [0.05, 0.1) is 7.11 Å². The van der Waals surface area contributed by atoms with Crippen LogP contribution < -0.4 is 4.74 Å². The molecule has 0 bridgehead atoms. The van der Waals surface area contributed by atoms with E-state index in [9.17, 15) is 4.79 Å². The minimum atomic E-state index is 0.0170. The molecule has 2 heterocycles. The molecule has 1 aromatic carbocycles. The number of nitrogens with zero attached hydrogens (tertiary/aromatic N) is 3. The molecule has 5 heteroatoms. The van der Waals surface area contributed by atoms with Gasteiger partial charge in [-0.1, -0.05) is 39.8 Å². The van der Waals surface area contributed by atoms with Gasteiger partial charge >= 0.3 is 0 Å². The van der Waals surface area contributed by atoms with Crippen molar-refractivity contribution in [3.05, 3.63) is 59.9 Å². The van der Waals surface area contributed by atoms with Crippen molar-refractivity contribution in [2.75, 3.05) is 33.3 Å². The summed E-state index contributed by atoms with van der Waals surface area (Å²) in [6, 6.07) is 12.6. The number of ether oxygens (including phenoxy) is 1. The molecule has 2 atom stereocenters. The highest BCUT2D eigenvalue weighted by molar-refractivity contribution is 5.78. The monoisotopic (exact) mass is 423 g/mol. The van der Waals surface area contributed by atoms with Crippen LogP contribution in [0.5, 0.6) is 5.75 Å². The van der Waals surface area contributed by atoms with Crippen molar-refractivity contribution >= 4 is 5.91 Å². The van der Waals surface area contributed by atoms with Gasteiger partial charge in [-0.3, -0.25) is 14.7 Å². The zero-order valence-electron chi connectivity index (χ0n) is 19.6. The van der Waals surface area contributed by atoms with Gasteiger partial charge in [0.1, 0.15) is 5.75 Å². The lowest BCUT2D eigenvalue weighted by Crippen LogP contribution is -2.41. The van der Waals surface area contributed by atoms with Gasteiger partial charge in [-0.25, -0.2) is 0 Å². The fourth-order valence-corrected chi connectivity index (χ4v) is 4.61. The van der Waals surface area contributed by atoms with E-state index in [1.807, 2.05) is 32.3 Å². The first-order valence-corrected chi connectivity index (χ1v) is 11.4. The largest absolute Gasteiger partial charge is 0.497 e. The fourth-order valence-electron chi connectivity index (χ4n) is 4.61. The normalized spacial score (nSPS) is 19.2. The molecule has 0 aliphatic carbocycles. The molecule has 1 aromatic heterocycles. The third kappa shape index (κ3) is 6.30. The Balaban J connectivity index is 1.84. The highest BCUT2D eigenvalue weighted by atomic mass is 16.5. The lowest BCUT2D eigenvalue weighted by molar-refractivity contribution is -0.135. The second-order valence-electron chi connectivity index (χ2n) is 9.48. The van der Waals surface area contributed by atoms with Crippen LogP contribution in [-0.2, 0) is 11.3 Å². The summed E-state index contributed by atoms with van der Waals surface area (Å²) in [5.74, 6) is 2.37. The van der Waals surface area contributed by atoms with Crippen molar-refractivity contribution in [2.45, 2.75) is 40.2 Å². The summed E-state index contributed by atoms with van der Waals surface area (Å²) in [6.45, 7) is 12.8. The van der Waals surface area contributed by atoms with E-state index in [-0.39, 0.29) is 11.8 Å². The molecule has 1 aliphatic rings. The van der Waals surface area contributed by atoms with Crippen LogP contribution >= 0.6 is 0 Å². The number of hydrogen-bond donors (Lipinski definition) is 0. The highest BCUT2D eigenvalue weighted by Gasteiger charge is 2.36. The van der Waals surface area contributed by atoms with Crippen molar-refractivity contribution in [1.82, 2.24) is 14.8 Å². The van der Waals surface area contributed by atoms with Crippen molar-refractivity contribution < 1.29 is 9.53 Å². The van der Waals surface area contributed by atoms with Crippen molar-refractivity contribution in [2.24, 2.45) is 17.8 Å². The molecular weight excluding hydrogens is 386 g/mol. The van der Waals surface area contributed by atoms with E-state index in [1.165, 1.54) is 11.1 Å². The lowest BCUT2D eigenvalue weighted by Gasteiger charge is -2.31.